The van der Waals surface area contributed by atoms with Crippen LogP contribution < -0.4 is 0 Å². The number of carbonyl (C=O) groups is 1. The van der Waals surface area contributed by atoms with Crippen LogP contribution >= 0.6 is 0 Å². The fraction of sp³-hybridized carbons (Fsp3) is 0.667. The average Bonchev–Trinajstić information content (AvgIpc) is 2.76. The molecule has 1 rings (SSSR count). The van der Waals surface area contributed by atoms with Crippen LogP contribution in [0.5, 0.6) is 0 Å². The van der Waals surface area contributed by atoms with Gasteiger partial charge in [-0.2, -0.15) is 13.2 Å². The monoisotopic (exact) mass is 295 g/mol. The molecule has 0 fully saturated rings. The zero-order valence-corrected chi connectivity index (χ0v) is 11.2. The summed E-state index contributed by atoms with van der Waals surface area (Å²) in [6.07, 6.45) is -3.02. The van der Waals surface area contributed by atoms with Crippen LogP contribution in [0.15, 0.2) is 4.42 Å². The van der Waals surface area contributed by atoms with Crippen LogP contribution in [0.3, 0.4) is 0 Å². The maximum atomic E-state index is 11.9. The number of aryl methyl sites for hydroxylation is 1. The van der Waals surface area contributed by atoms with Gasteiger partial charge in [-0.1, -0.05) is 13.3 Å². The van der Waals surface area contributed by atoms with Crippen LogP contribution in [-0.2, 0) is 22.3 Å². The van der Waals surface area contributed by atoms with Crippen molar-refractivity contribution in [2.45, 2.75) is 32.4 Å². The van der Waals surface area contributed by atoms with Crippen LogP contribution in [0, 0.1) is 0 Å². The molecule has 0 atom stereocenters. The Morgan fingerprint density at radius 3 is 2.60 bits per heavy atom. The lowest BCUT2D eigenvalue weighted by Gasteiger charge is -2.05. The maximum Gasteiger partial charge on any atom is 0.411 e. The van der Waals surface area contributed by atoms with Crippen molar-refractivity contribution in [1.82, 2.24) is 4.98 Å². The van der Waals surface area contributed by atoms with E-state index in [1.165, 1.54) is 7.11 Å². The SMILES string of the molecule is CCCc1nc(CCOCC(F)(F)F)oc1C(=O)OC. The lowest BCUT2D eigenvalue weighted by atomic mass is 10.2. The Morgan fingerprint density at radius 1 is 1.35 bits per heavy atom. The summed E-state index contributed by atoms with van der Waals surface area (Å²) in [5.41, 5.74) is 0.449. The number of esters is 1. The average molecular weight is 295 g/mol. The quantitative estimate of drug-likeness (QED) is 0.571. The van der Waals surface area contributed by atoms with E-state index in [-0.39, 0.29) is 24.7 Å². The Labute approximate surface area is 114 Å². The molecule has 5 nitrogen and oxygen atoms in total. The Bertz CT molecular complexity index is 442. The molecular formula is C12H16F3NO4. The summed E-state index contributed by atoms with van der Waals surface area (Å²) in [5.74, 6) is -0.486. The number of alkyl halides is 3. The normalized spacial score (nSPS) is 11.7. The van der Waals surface area contributed by atoms with Gasteiger partial charge < -0.3 is 13.9 Å². The first-order valence-electron chi connectivity index (χ1n) is 6.08. The van der Waals surface area contributed by atoms with Crippen LogP contribution in [0.4, 0.5) is 13.2 Å². The van der Waals surface area contributed by atoms with Crippen molar-refractivity contribution in [2.75, 3.05) is 20.3 Å². The lowest BCUT2D eigenvalue weighted by molar-refractivity contribution is -0.173. The van der Waals surface area contributed by atoms with Gasteiger partial charge in [-0.3, -0.25) is 0 Å². The van der Waals surface area contributed by atoms with E-state index in [1.54, 1.807) is 0 Å². The fourth-order valence-electron chi connectivity index (χ4n) is 1.51. The van der Waals surface area contributed by atoms with E-state index in [4.69, 9.17) is 4.42 Å². The number of nitrogens with zero attached hydrogens (tertiary/aromatic N) is 1. The van der Waals surface area contributed by atoms with Gasteiger partial charge in [0, 0.05) is 6.42 Å². The maximum absolute atomic E-state index is 11.9. The molecule has 0 aromatic carbocycles. The standard InChI is InChI=1S/C12H16F3NO4/c1-3-4-8-10(11(17)18-2)20-9(16-8)5-6-19-7-12(13,14)15/h3-7H2,1-2H3. The van der Waals surface area contributed by atoms with Gasteiger partial charge in [0.2, 0.25) is 5.76 Å². The summed E-state index contributed by atoms with van der Waals surface area (Å²) in [6.45, 7) is 0.396. The van der Waals surface area contributed by atoms with Crippen molar-refractivity contribution in [3.8, 4) is 0 Å². The second-order valence-electron chi connectivity index (χ2n) is 4.04. The van der Waals surface area contributed by atoms with E-state index in [0.717, 1.165) is 6.42 Å². The summed E-state index contributed by atoms with van der Waals surface area (Å²) >= 11 is 0. The van der Waals surface area contributed by atoms with Gasteiger partial charge in [0.15, 0.2) is 5.89 Å². The smallest absolute Gasteiger partial charge is 0.411 e. The van der Waals surface area contributed by atoms with Crippen molar-refractivity contribution in [1.29, 1.82) is 0 Å². The van der Waals surface area contributed by atoms with E-state index in [2.05, 4.69) is 14.5 Å². The fourth-order valence-corrected chi connectivity index (χ4v) is 1.51. The second-order valence-corrected chi connectivity index (χ2v) is 4.04. The molecule has 0 unspecified atom stereocenters. The van der Waals surface area contributed by atoms with Crippen molar-refractivity contribution in [2.24, 2.45) is 0 Å². The molecule has 0 spiro atoms. The first kappa shape index (κ1) is 16.5. The Morgan fingerprint density at radius 2 is 2.05 bits per heavy atom. The summed E-state index contributed by atoms with van der Waals surface area (Å²) in [4.78, 5) is 15.5. The molecule has 1 aromatic rings. The number of hydrogen-bond acceptors (Lipinski definition) is 5. The Balaban J connectivity index is 2.60. The first-order valence-corrected chi connectivity index (χ1v) is 6.08. The van der Waals surface area contributed by atoms with Gasteiger partial charge >= 0.3 is 12.1 Å². The van der Waals surface area contributed by atoms with E-state index < -0.39 is 18.8 Å². The Kier molecular flexibility index (Phi) is 6.00. The number of halogens is 3. The minimum atomic E-state index is -4.36. The summed E-state index contributed by atoms with van der Waals surface area (Å²) in [7, 11) is 1.21. The van der Waals surface area contributed by atoms with Gasteiger partial charge in [-0.15, -0.1) is 0 Å². The minimum absolute atomic E-state index is 0.000159. The van der Waals surface area contributed by atoms with Gasteiger partial charge in [0.1, 0.15) is 6.61 Å². The highest BCUT2D eigenvalue weighted by molar-refractivity contribution is 5.87. The zero-order valence-electron chi connectivity index (χ0n) is 11.2. The van der Waals surface area contributed by atoms with Crippen molar-refractivity contribution in [3.05, 3.63) is 17.3 Å². The third kappa shape index (κ3) is 5.20. The van der Waals surface area contributed by atoms with Crippen molar-refractivity contribution < 1.29 is 31.9 Å². The minimum Gasteiger partial charge on any atom is -0.463 e. The molecule has 114 valence electrons. The number of hydrogen-bond donors (Lipinski definition) is 0. The third-order valence-electron chi connectivity index (χ3n) is 2.33. The molecule has 8 heteroatoms. The molecule has 0 N–H and O–H groups in total. The van der Waals surface area contributed by atoms with E-state index in [9.17, 15) is 18.0 Å². The molecule has 0 saturated heterocycles. The molecular weight excluding hydrogens is 279 g/mol. The summed E-state index contributed by atoms with van der Waals surface area (Å²) < 4.78 is 49.8. The molecule has 20 heavy (non-hydrogen) atoms. The largest absolute Gasteiger partial charge is 0.463 e. The highest BCUT2D eigenvalue weighted by atomic mass is 19.4. The molecule has 0 amide bonds. The number of carbonyl (C=O) groups excluding carboxylic acids is 1. The zero-order chi connectivity index (χ0) is 15.2. The predicted octanol–water partition coefficient (Wildman–Crippen LogP) is 2.54. The van der Waals surface area contributed by atoms with Crippen molar-refractivity contribution in [3.63, 3.8) is 0 Å². The number of aromatic nitrogens is 1. The highest BCUT2D eigenvalue weighted by Gasteiger charge is 2.27. The highest BCUT2D eigenvalue weighted by Crippen LogP contribution is 2.16. The molecule has 0 aliphatic rings. The van der Waals surface area contributed by atoms with Crippen LogP contribution in [0.2, 0.25) is 0 Å². The lowest BCUT2D eigenvalue weighted by Crippen LogP contribution is -2.18. The summed E-state index contributed by atoms with van der Waals surface area (Å²) in [5, 5.41) is 0. The Hall–Kier alpha value is -1.57. The molecule has 1 aromatic heterocycles. The molecule has 0 saturated carbocycles. The first-order chi connectivity index (χ1) is 9.37. The third-order valence-corrected chi connectivity index (χ3v) is 2.33. The van der Waals surface area contributed by atoms with Gasteiger partial charge in [0.25, 0.3) is 0 Å². The number of methoxy groups -OCH3 is 1. The van der Waals surface area contributed by atoms with Gasteiger partial charge in [-0.25, -0.2) is 9.78 Å². The van der Waals surface area contributed by atoms with Gasteiger partial charge in [0.05, 0.1) is 19.4 Å². The van der Waals surface area contributed by atoms with E-state index in [1.807, 2.05) is 6.92 Å². The number of ether oxygens (including phenoxy) is 2. The number of rotatable bonds is 7. The van der Waals surface area contributed by atoms with Crippen LogP contribution in [-0.4, -0.2) is 37.5 Å². The molecule has 0 radical (unpaired) electrons. The van der Waals surface area contributed by atoms with Crippen molar-refractivity contribution >= 4 is 5.97 Å². The molecule has 0 aliphatic carbocycles. The molecule has 0 bridgehead atoms. The predicted molar refractivity (Wildman–Crippen MR) is 62.4 cm³/mol. The summed E-state index contributed by atoms with van der Waals surface area (Å²) in [6, 6.07) is 0. The molecule has 1 heterocycles. The second kappa shape index (κ2) is 7.28. The van der Waals surface area contributed by atoms with E-state index in [0.29, 0.717) is 12.1 Å². The van der Waals surface area contributed by atoms with E-state index >= 15 is 0 Å². The van der Waals surface area contributed by atoms with Crippen LogP contribution in [0.25, 0.3) is 0 Å². The van der Waals surface area contributed by atoms with Gasteiger partial charge in [-0.05, 0) is 6.42 Å². The topological polar surface area (TPSA) is 61.6 Å². The molecule has 0 aliphatic heterocycles. The van der Waals surface area contributed by atoms with Crippen LogP contribution in [0.1, 0.15) is 35.5 Å². The number of oxazole rings is 1.